The summed E-state index contributed by atoms with van der Waals surface area (Å²) < 4.78 is 4.88. The molecule has 0 radical (unpaired) electrons. The van der Waals surface area contributed by atoms with Gasteiger partial charge in [0.05, 0.1) is 12.1 Å². The normalized spacial score (nSPS) is 10.1. The van der Waals surface area contributed by atoms with E-state index in [1.165, 1.54) is 6.92 Å². The van der Waals surface area contributed by atoms with Crippen LogP contribution in [0.3, 0.4) is 0 Å². The summed E-state index contributed by atoms with van der Waals surface area (Å²) in [6.07, 6.45) is 2.66. The van der Waals surface area contributed by atoms with Gasteiger partial charge in [-0.3, -0.25) is 15.1 Å². The Labute approximate surface area is 115 Å². The first-order chi connectivity index (χ1) is 9.65. The minimum absolute atomic E-state index is 0.0945. The molecule has 2 N–H and O–H groups in total. The second-order valence-electron chi connectivity index (χ2n) is 4.01. The van der Waals surface area contributed by atoms with Crippen molar-refractivity contribution in [3.05, 3.63) is 30.6 Å². The van der Waals surface area contributed by atoms with E-state index in [-0.39, 0.29) is 19.1 Å². The van der Waals surface area contributed by atoms with Crippen molar-refractivity contribution < 1.29 is 14.3 Å². The average molecular weight is 274 g/mol. The third kappa shape index (κ3) is 3.91. The second-order valence-corrected chi connectivity index (χ2v) is 4.01. The summed E-state index contributed by atoms with van der Waals surface area (Å²) in [5.41, 5.74) is 0.732. The van der Waals surface area contributed by atoms with Crippen LogP contribution in [0.1, 0.15) is 6.92 Å². The van der Waals surface area contributed by atoms with Crippen molar-refractivity contribution in [2.24, 2.45) is 0 Å². The number of carbonyl (C=O) groups excluding carboxylic acids is 2. The third-order valence-corrected chi connectivity index (χ3v) is 2.43. The summed E-state index contributed by atoms with van der Waals surface area (Å²) in [5.74, 6) is 0.192. The largest absolute Gasteiger partial charge is 0.447 e. The zero-order chi connectivity index (χ0) is 14.4. The van der Waals surface area contributed by atoms with Gasteiger partial charge in [-0.05, 0) is 12.1 Å². The number of aromatic nitrogens is 2. The van der Waals surface area contributed by atoms with E-state index in [0.29, 0.717) is 5.82 Å². The van der Waals surface area contributed by atoms with Gasteiger partial charge in [-0.25, -0.2) is 9.78 Å². The summed E-state index contributed by atoms with van der Waals surface area (Å²) in [6, 6.07) is 5.35. The highest BCUT2D eigenvalue weighted by atomic mass is 16.5. The van der Waals surface area contributed by atoms with E-state index in [2.05, 4.69) is 20.6 Å². The lowest BCUT2D eigenvalue weighted by atomic mass is 10.3. The molecule has 0 saturated carbocycles. The molecule has 7 nitrogen and oxygen atoms in total. The predicted molar refractivity (Wildman–Crippen MR) is 73.2 cm³/mol. The maximum absolute atomic E-state index is 11.5. The summed E-state index contributed by atoms with van der Waals surface area (Å²) in [4.78, 5) is 30.4. The zero-order valence-electron chi connectivity index (χ0n) is 10.9. The molecule has 0 saturated heterocycles. The molecule has 0 aliphatic carbocycles. The van der Waals surface area contributed by atoms with E-state index in [1.807, 2.05) is 12.1 Å². The topological polar surface area (TPSA) is 93.2 Å². The second kappa shape index (κ2) is 6.46. The quantitative estimate of drug-likeness (QED) is 0.820. The van der Waals surface area contributed by atoms with Crippen LogP contribution in [0, 0.1) is 0 Å². The number of nitrogens with one attached hydrogen (secondary N) is 2. The van der Waals surface area contributed by atoms with Crippen molar-refractivity contribution in [1.29, 1.82) is 0 Å². The van der Waals surface area contributed by atoms with Gasteiger partial charge in [-0.2, -0.15) is 0 Å². The summed E-state index contributed by atoms with van der Waals surface area (Å²) in [6.45, 7) is 1.76. The lowest BCUT2D eigenvalue weighted by Gasteiger charge is -2.07. The molecule has 2 aromatic heterocycles. The zero-order valence-corrected chi connectivity index (χ0v) is 10.9. The Balaban J connectivity index is 1.88. The number of ether oxygens (including phenoxy) is 1. The van der Waals surface area contributed by atoms with Crippen LogP contribution in [0.25, 0.3) is 10.9 Å². The summed E-state index contributed by atoms with van der Waals surface area (Å²) in [5, 5.41) is 5.90. The minimum atomic E-state index is -0.627. The summed E-state index contributed by atoms with van der Waals surface area (Å²) in [7, 11) is 0. The van der Waals surface area contributed by atoms with Gasteiger partial charge < -0.3 is 10.1 Å². The minimum Gasteiger partial charge on any atom is -0.447 e. The Morgan fingerprint density at radius 1 is 1.35 bits per heavy atom. The monoisotopic (exact) mass is 274 g/mol. The van der Waals surface area contributed by atoms with E-state index in [1.54, 1.807) is 18.5 Å². The Bertz CT molecular complexity index is 630. The van der Waals surface area contributed by atoms with Crippen LogP contribution in [-0.4, -0.2) is 35.1 Å². The molecule has 20 heavy (non-hydrogen) atoms. The van der Waals surface area contributed by atoms with Crippen molar-refractivity contribution in [1.82, 2.24) is 15.3 Å². The molecule has 0 bridgehead atoms. The molecule has 0 fully saturated rings. The first-order valence-electron chi connectivity index (χ1n) is 6.04. The molecule has 104 valence electrons. The molecular formula is C13H14N4O3. The number of carbonyl (C=O) groups is 2. The van der Waals surface area contributed by atoms with Crippen molar-refractivity contribution >= 4 is 28.7 Å². The Morgan fingerprint density at radius 2 is 2.20 bits per heavy atom. The Kier molecular flexibility index (Phi) is 4.43. The van der Waals surface area contributed by atoms with Crippen LogP contribution < -0.4 is 10.6 Å². The fourth-order valence-corrected chi connectivity index (χ4v) is 1.55. The molecular weight excluding hydrogens is 260 g/mol. The Morgan fingerprint density at radius 3 is 3.00 bits per heavy atom. The Hall–Kier alpha value is -2.70. The van der Waals surface area contributed by atoms with Gasteiger partial charge in [-0.1, -0.05) is 0 Å². The number of fused-ring (bicyclic) bond motifs is 1. The highest BCUT2D eigenvalue weighted by Crippen LogP contribution is 2.13. The first-order valence-corrected chi connectivity index (χ1v) is 6.04. The van der Waals surface area contributed by atoms with Crippen LogP contribution in [0.4, 0.5) is 10.6 Å². The van der Waals surface area contributed by atoms with Crippen LogP contribution >= 0.6 is 0 Å². The molecule has 2 aromatic rings. The number of anilines is 1. The van der Waals surface area contributed by atoms with E-state index >= 15 is 0 Å². The molecule has 7 heteroatoms. The SMILES string of the molecule is CC(=O)NCCOC(=O)Nc1cc2ncccc2cn1. The molecule has 0 aliphatic heterocycles. The number of nitrogens with zero attached hydrogens (tertiary/aromatic N) is 2. The van der Waals surface area contributed by atoms with Crippen molar-refractivity contribution in [2.45, 2.75) is 6.92 Å². The maximum Gasteiger partial charge on any atom is 0.412 e. The molecule has 2 heterocycles. The third-order valence-electron chi connectivity index (χ3n) is 2.43. The van der Waals surface area contributed by atoms with Crippen LogP contribution in [0.2, 0.25) is 0 Å². The first kappa shape index (κ1) is 13.7. The number of pyridine rings is 2. The van der Waals surface area contributed by atoms with Gasteiger partial charge in [0.15, 0.2) is 0 Å². The number of rotatable bonds is 4. The fraction of sp³-hybridized carbons (Fsp3) is 0.231. The van der Waals surface area contributed by atoms with Crippen LogP contribution in [-0.2, 0) is 9.53 Å². The lowest BCUT2D eigenvalue weighted by molar-refractivity contribution is -0.119. The predicted octanol–water partition coefficient (Wildman–Crippen LogP) is 1.31. The number of hydrogen-bond donors (Lipinski definition) is 2. The molecule has 2 amide bonds. The van der Waals surface area contributed by atoms with E-state index in [0.717, 1.165) is 10.9 Å². The van der Waals surface area contributed by atoms with Crippen LogP contribution in [0.5, 0.6) is 0 Å². The van der Waals surface area contributed by atoms with Crippen molar-refractivity contribution in [3.63, 3.8) is 0 Å². The van der Waals surface area contributed by atoms with E-state index < -0.39 is 6.09 Å². The highest BCUT2D eigenvalue weighted by molar-refractivity contribution is 5.87. The molecule has 0 atom stereocenters. The summed E-state index contributed by atoms with van der Waals surface area (Å²) >= 11 is 0. The molecule has 2 rings (SSSR count). The van der Waals surface area contributed by atoms with Gasteiger partial charge in [0, 0.05) is 30.8 Å². The van der Waals surface area contributed by atoms with E-state index in [9.17, 15) is 9.59 Å². The molecule has 0 unspecified atom stereocenters. The lowest BCUT2D eigenvalue weighted by Crippen LogP contribution is -2.26. The van der Waals surface area contributed by atoms with Gasteiger partial charge in [0.25, 0.3) is 0 Å². The molecule has 0 aromatic carbocycles. The fourth-order valence-electron chi connectivity index (χ4n) is 1.55. The number of amides is 2. The average Bonchev–Trinajstić information content (AvgIpc) is 2.43. The standard InChI is InChI=1S/C13H14N4O3/c1-9(18)14-5-6-20-13(19)17-12-7-11-10(8-16-12)3-2-4-15-11/h2-4,7-8H,5-6H2,1H3,(H,14,18)(H,16,17,19). The molecule has 0 aliphatic rings. The van der Waals surface area contributed by atoms with Gasteiger partial charge >= 0.3 is 6.09 Å². The van der Waals surface area contributed by atoms with Crippen molar-refractivity contribution in [3.8, 4) is 0 Å². The maximum atomic E-state index is 11.5. The smallest absolute Gasteiger partial charge is 0.412 e. The van der Waals surface area contributed by atoms with E-state index in [4.69, 9.17) is 4.74 Å². The van der Waals surface area contributed by atoms with Gasteiger partial charge in [0.2, 0.25) is 5.91 Å². The highest BCUT2D eigenvalue weighted by Gasteiger charge is 2.05. The van der Waals surface area contributed by atoms with Crippen molar-refractivity contribution in [2.75, 3.05) is 18.5 Å². The van der Waals surface area contributed by atoms with Gasteiger partial charge in [-0.15, -0.1) is 0 Å². The van der Waals surface area contributed by atoms with Crippen LogP contribution in [0.15, 0.2) is 30.6 Å². The number of hydrogen-bond acceptors (Lipinski definition) is 5. The van der Waals surface area contributed by atoms with Gasteiger partial charge in [0.1, 0.15) is 12.4 Å². The molecule has 0 spiro atoms.